The van der Waals surface area contributed by atoms with Crippen LogP contribution in [0.3, 0.4) is 0 Å². The molecule has 4 aliphatic rings. The largest absolute Gasteiger partial charge is 0.347 e. The van der Waals surface area contributed by atoms with Gasteiger partial charge in [0.05, 0.1) is 0 Å². The van der Waals surface area contributed by atoms with E-state index in [2.05, 4.69) is 31.7 Å². The fraction of sp³-hybridized carbons (Fsp3) is 0.440. The van der Waals surface area contributed by atoms with Crippen molar-refractivity contribution in [3.63, 3.8) is 0 Å². The Kier molecular flexibility index (Phi) is 5.58. The van der Waals surface area contributed by atoms with Crippen molar-refractivity contribution in [2.45, 2.75) is 38.0 Å². The fourth-order valence-corrected chi connectivity index (χ4v) is 5.50. The summed E-state index contributed by atoms with van der Waals surface area (Å²) in [5.41, 5.74) is 6.88. The summed E-state index contributed by atoms with van der Waals surface area (Å²) < 4.78 is 20.8. The van der Waals surface area contributed by atoms with Crippen LogP contribution in [0, 0.1) is 17.7 Å². The van der Waals surface area contributed by atoms with E-state index in [0.29, 0.717) is 29.3 Å². The van der Waals surface area contributed by atoms with Gasteiger partial charge in [-0.3, -0.25) is 4.79 Å². The van der Waals surface area contributed by atoms with Crippen molar-refractivity contribution in [1.82, 2.24) is 15.4 Å². The average molecular weight is 528 g/mol. The zero-order chi connectivity index (χ0) is 23.4. The van der Waals surface area contributed by atoms with Crippen LogP contribution in [0.4, 0.5) is 15.9 Å². The van der Waals surface area contributed by atoms with E-state index in [9.17, 15) is 9.18 Å². The number of carbonyl (C=O) groups excluding carboxylic acids is 1. The summed E-state index contributed by atoms with van der Waals surface area (Å²) in [5.74, 6) is 1.39. The number of hydrazine groups is 1. The van der Waals surface area contributed by atoms with Gasteiger partial charge in [0.15, 0.2) is 6.23 Å². The van der Waals surface area contributed by atoms with E-state index in [0.717, 1.165) is 35.4 Å². The molecule has 3 atom stereocenters. The van der Waals surface area contributed by atoms with Crippen molar-refractivity contribution >= 4 is 38.9 Å². The molecule has 0 bridgehead atoms. The minimum Gasteiger partial charge on any atom is -0.347 e. The van der Waals surface area contributed by atoms with Crippen LogP contribution in [-0.2, 0) is 16.0 Å². The Morgan fingerprint density at radius 1 is 1.24 bits per heavy atom. The summed E-state index contributed by atoms with van der Waals surface area (Å²) in [6.45, 7) is 1.43. The number of pyridine rings is 1. The Morgan fingerprint density at radius 3 is 2.85 bits per heavy atom. The summed E-state index contributed by atoms with van der Waals surface area (Å²) in [6, 6.07) is 8.97. The molecule has 34 heavy (non-hydrogen) atoms. The highest BCUT2D eigenvalue weighted by Crippen LogP contribution is 2.43. The molecule has 3 unspecified atom stereocenters. The number of hydrogen-bond donors (Lipinski definition) is 2. The molecule has 1 amide bonds. The third kappa shape index (κ3) is 4.56. The molecule has 3 fully saturated rings. The molecule has 2 N–H and O–H groups in total. The lowest BCUT2D eigenvalue weighted by Crippen LogP contribution is -2.27. The smallest absolute Gasteiger partial charge is 0.230 e. The van der Waals surface area contributed by atoms with Crippen LogP contribution in [0.2, 0.25) is 0 Å². The van der Waals surface area contributed by atoms with Gasteiger partial charge >= 0.3 is 0 Å². The van der Waals surface area contributed by atoms with Crippen molar-refractivity contribution in [3.8, 4) is 0 Å². The molecule has 7 nitrogen and oxygen atoms in total. The minimum absolute atomic E-state index is 0.0649. The standard InChI is InChI=1S/C25H27BrFN5O2/c1-31-13-17(12-28-31)16-6-14(7-18(27)9-16)8-21-24(34-21)30-23-11-19(10-22(26)29-23)32-5-4-20(25(32)33)15-2-3-15/h6-7,9-11,13,15,20-21,24,28H,2-5,8,12H2,1H3,(H,29,30). The van der Waals surface area contributed by atoms with Crippen LogP contribution in [0.25, 0.3) is 5.57 Å². The highest BCUT2D eigenvalue weighted by Gasteiger charge is 2.43. The van der Waals surface area contributed by atoms with Gasteiger partial charge in [0.25, 0.3) is 0 Å². The van der Waals surface area contributed by atoms with Gasteiger partial charge in [0.2, 0.25) is 5.91 Å². The molecule has 2 saturated heterocycles. The molecule has 178 valence electrons. The predicted octanol–water partition coefficient (Wildman–Crippen LogP) is 3.92. The molecule has 1 aromatic heterocycles. The first kappa shape index (κ1) is 22.0. The zero-order valence-electron chi connectivity index (χ0n) is 18.9. The normalized spacial score (nSPS) is 26.3. The highest BCUT2D eigenvalue weighted by atomic mass is 79.9. The molecule has 1 aliphatic carbocycles. The number of aromatic nitrogens is 1. The number of hydrogen-bond acceptors (Lipinski definition) is 6. The van der Waals surface area contributed by atoms with E-state index in [-0.39, 0.29) is 30.0 Å². The number of amides is 1. The monoisotopic (exact) mass is 527 g/mol. The number of halogens is 2. The second kappa shape index (κ2) is 8.62. The molecule has 0 spiro atoms. The molecule has 1 aromatic carbocycles. The first-order valence-corrected chi connectivity index (χ1v) is 12.6. The van der Waals surface area contributed by atoms with Crippen molar-refractivity contribution in [2.24, 2.45) is 11.8 Å². The van der Waals surface area contributed by atoms with Crippen LogP contribution in [0.15, 0.2) is 41.1 Å². The summed E-state index contributed by atoms with van der Waals surface area (Å²) >= 11 is 3.48. The molecule has 3 aliphatic heterocycles. The zero-order valence-corrected chi connectivity index (χ0v) is 20.5. The molecule has 1 saturated carbocycles. The molecule has 4 heterocycles. The van der Waals surface area contributed by atoms with Crippen LogP contribution in [0.1, 0.15) is 30.4 Å². The van der Waals surface area contributed by atoms with Crippen LogP contribution in [0.5, 0.6) is 0 Å². The lowest BCUT2D eigenvalue weighted by Gasteiger charge is -2.18. The maximum Gasteiger partial charge on any atom is 0.230 e. The first-order valence-electron chi connectivity index (χ1n) is 11.8. The van der Waals surface area contributed by atoms with E-state index in [1.807, 2.05) is 41.4 Å². The number of ether oxygens (including phenoxy) is 1. The molecular formula is C25H27BrFN5O2. The molecule has 0 radical (unpaired) electrons. The van der Waals surface area contributed by atoms with Crippen molar-refractivity contribution < 1.29 is 13.9 Å². The lowest BCUT2D eigenvalue weighted by molar-refractivity contribution is -0.120. The SMILES string of the molecule is CN1C=C(c2cc(F)cc(CC3OC3Nc3cc(N4CCC(C5CC5)C4=O)cc(Br)n3)c2)CN1. The minimum atomic E-state index is -0.244. The number of nitrogens with zero attached hydrogens (tertiary/aromatic N) is 3. The van der Waals surface area contributed by atoms with Crippen LogP contribution < -0.4 is 15.6 Å². The van der Waals surface area contributed by atoms with E-state index < -0.39 is 0 Å². The van der Waals surface area contributed by atoms with Crippen molar-refractivity contribution in [1.29, 1.82) is 0 Å². The fourth-order valence-electron chi connectivity index (χ4n) is 5.08. The van der Waals surface area contributed by atoms with Gasteiger partial charge in [0, 0.05) is 50.4 Å². The maximum absolute atomic E-state index is 14.3. The lowest BCUT2D eigenvalue weighted by atomic mass is 10.0. The Morgan fingerprint density at radius 2 is 2.09 bits per heavy atom. The molecular weight excluding hydrogens is 501 g/mol. The summed E-state index contributed by atoms with van der Waals surface area (Å²) in [6.07, 6.45) is 5.60. The van der Waals surface area contributed by atoms with Crippen LogP contribution in [-0.4, -0.2) is 48.4 Å². The highest BCUT2D eigenvalue weighted by molar-refractivity contribution is 9.10. The topological polar surface area (TPSA) is 73.0 Å². The van der Waals surface area contributed by atoms with Crippen molar-refractivity contribution in [2.75, 3.05) is 30.4 Å². The first-order chi connectivity index (χ1) is 16.4. The van der Waals surface area contributed by atoms with Gasteiger partial charge < -0.3 is 20.0 Å². The number of carbonyl (C=O) groups is 1. The Bertz CT molecular complexity index is 1170. The van der Waals surface area contributed by atoms with Gasteiger partial charge in [-0.15, -0.1) is 0 Å². The average Bonchev–Trinajstić information content (AvgIpc) is 3.67. The number of epoxide rings is 1. The summed E-state index contributed by atoms with van der Waals surface area (Å²) in [5, 5.41) is 5.20. The van der Waals surface area contributed by atoms with Gasteiger partial charge in [-0.25, -0.2) is 14.8 Å². The maximum atomic E-state index is 14.3. The second-order valence-corrected chi connectivity index (χ2v) is 10.5. The molecule has 6 rings (SSSR count). The number of anilines is 2. The Hall–Kier alpha value is -2.49. The van der Waals surface area contributed by atoms with E-state index in [4.69, 9.17) is 4.74 Å². The Labute approximate surface area is 206 Å². The van der Waals surface area contributed by atoms with E-state index in [1.54, 1.807) is 12.1 Å². The summed E-state index contributed by atoms with van der Waals surface area (Å²) in [4.78, 5) is 19.3. The summed E-state index contributed by atoms with van der Waals surface area (Å²) in [7, 11) is 1.92. The number of nitrogens with one attached hydrogen (secondary N) is 2. The third-order valence-electron chi connectivity index (χ3n) is 7.03. The Balaban J connectivity index is 1.11. The quantitative estimate of drug-likeness (QED) is 0.420. The number of benzene rings is 1. The third-order valence-corrected chi connectivity index (χ3v) is 7.44. The van der Waals surface area contributed by atoms with Gasteiger partial charge in [-0.2, -0.15) is 0 Å². The van der Waals surface area contributed by atoms with E-state index in [1.165, 1.54) is 12.8 Å². The second-order valence-electron chi connectivity index (χ2n) is 9.65. The molecule has 2 aromatic rings. The number of rotatable bonds is 7. The molecule has 9 heteroatoms. The van der Waals surface area contributed by atoms with Gasteiger partial charge in [0.1, 0.15) is 22.3 Å². The van der Waals surface area contributed by atoms with Crippen molar-refractivity contribution in [3.05, 3.63) is 58.1 Å². The van der Waals surface area contributed by atoms with Gasteiger partial charge in [-0.1, -0.05) is 6.07 Å². The van der Waals surface area contributed by atoms with Gasteiger partial charge in [-0.05, 0) is 76.0 Å². The predicted molar refractivity (Wildman–Crippen MR) is 131 cm³/mol. The van der Waals surface area contributed by atoms with E-state index >= 15 is 0 Å². The van der Waals surface area contributed by atoms with Crippen LogP contribution >= 0.6 is 15.9 Å².